The van der Waals surface area contributed by atoms with Gasteiger partial charge in [-0.15, -0.1) is 0 Å². The number of carbonyl (C=O) groups is 2. The molecule has 4 nitrogen and oxygen atoms in total. The SMILES string of the molecule is Cc1cc(Cl)ccc1-c1ccc(NC(=O)c2ccc(C(=O)OC(C)(C)C)c(C(C)c3cccc(C4=CCC(C)(C)CC4)c3)c2)cc1. The maximum Gasteiger partial charge on any atom is 0.338 e. The number of aryl methyl sites for hydroxylation is 1. The van der Waals surface area contributed by atoms with Crippen molar-refractivity contribution in [3.05, 3.63) is 129 Å². The van der Waals surface area contributed by atoms with Crippen molar-refractivity contribution < 1.29 is 14.3 Å². The highest BCUT2D eigenvalue weighted by molar-refractivity contribution is 6.30. The van der Waals surface area contributed by atoms with E-state index in [1.54, 1.807) is 12.1 Å². The van der Waals surface area contributed by atoms with Crippen molar-refractivity contribution in [2.45, 2.75) is 79.2 Å². The molecule has 1 aliphatic rings. The van der Waals surface area contributed by atoms with E-state index in [1.807, 2.05) is 76.2 Å². The molecule has 5 heteroatoms. The first-order valence-electron chi connectivity index (χ1n) is 16.0. The number of rotatable bonds is 7. The molecular weight excluding hydrogens is 590 g/mol. The third-order valence-electron chi connectivity index (χ3n) is 8.77. The van der Waals surface area contributed by atoms with Crippen LogP contribution >= 0.6 is 11.6 Å². The fourth-order valence-electron chi connectivity index (χ4n) is 5.99. The van der Waals surface area contributed by atoms with Gasteiger partial charge in [0.15, 0.2) is 0 Å². The van der Waals surface area contributed by atoms with Crippen molar-refractivity contribution >= 4 is 34.7 Å². The Balaban J connectivity index is 1.43. The predicted octanol–water partition coefficient (Wildman–Crippen LogP) is 11.3. The van der Waals surface area contributed by atoms with Gasteiger partial charge in [0, 0.05) is 22.2 Å². The van der Waals surface area contributed by atoms with E-state index < -0.39 is 11.6 Å². The summed E-state index contributed by atoms with van der Waals surface area (Å²) in [6, 6.07) is 27.4. The maximum atomic E-state index is 13.5. The van der Waals surface area contributed by atoms with E-state index >= 15 is 0 Å². The second-order valence-electron chi connectivity index (χ2n) is 14.2. The Bertz CT molecular complexity index is 1790. The zero-order valence-electron chi connectivity index (χ0n) is 28.0. The van der Waals surface area contributed by atoms with Crippen molar-refractivity contribution in [2.24, 2.45) is 5.41 Å². The second kappa shape index (κ2) is 13.3. The molecule has 0 saturated heterocycles. The van der Waals surface area contributed by atoms with Gasteiger partial charge in [0.2, 0.25) is 0 Å². The van der Waals surface area contributed by atoms with Gasteiger partial charge in [0.05, 0.1) is 5.56 Å². The highest BCUT2D eigenvalue weighted by Crippen LogP contribution is 2.39. The van der Waals surface area contributed by atoms with Crippen LogP contribution in [0, 0.1) is 12.3 Å². The van der Waals surface area contributed by atoms with E-state index in [-0.39, 0.29) is 11.8 Å². The molecule has 0 saturated carbocycles. The van der Waals surface area contributed by atoms with E-state index in [0.717, 1.165) is 47.1 Å². The summed E-state index contributed by atoms with van der Waals surface area (Å²) >= 11 is 6.14. The van der Waals surface area contributed by atoms with E-state index in [9.17, 15) is 9.59 Å². The summed E-state index contributed by atoms with van der Waals surface area (Å²) in [6.07, 6.45) is 5.63. The molecule has 0 bridgehead atoms. The summed E-state index contributed by atoms with van der Waals surface area (Å²) in [5.41, 5.74) is 8.93. The van der Waals surface area contributed by atoms with Crippen LogP contribution in [0.4, 0.5) is 5.69 Å². The topological polar surface area (TPSA) is 55.4 Å². The molecule has 1 unspecified atom stereocenters. The highest BCUT2D eigenvalue weighted by Gasteiger charge is 2.26. The van der Waals surface area contributed by atoms with Crippen LogP contribution in [-0.2, 0) is 4.74 Å². The number of benzene rings is 4. The lowest BCUT2D eigenvalue weighted by atomic mass is 9.76. The van der Waals surface area contributed by atoms with Crippen molar-refractivity contribution in [1.29, 1.82) is 0 Å². The molecule has 4 aromatic carbocycles. The lowest BCUT2D eigenvalue weighted by Gasteiger charge is -2.29. The number of ether oxygens (including phenoxy) is 1. The first-order valence-corrected chi connectivity index (χ1v) is 16.4. The molecule has 5 rings (SSSR count). The Morgan fingerprint density at radius 1 is 0.913 bits per heavy atom. The number of hydrogen-bond donors (Lipinski definition) is 1. The number of nitrogens with one attached hydrogen (secondary N) is 1. The second-order valence-corrected chi connectivity index (χ2v) is 14.7. The van der Waals surface area contributed by atoms with Crippen LogP contribution < -0.4 is 5.32 Å². The average molecular weight is 634 g/mol. The standard InChI is InChI=1S/C41H44ClNO3/c1-26-23-33(42)14-18-35(26)29-11-15-34(16-12-29)43-38(44)32-13-17-36(39(45)46-40(3,4)5)37(25-32)27(2)30-9-8-10-31(24-30)28-19-21-41(6,7)22-20-28/h8-19,23-25,27H,20-22H2,1-7H3,(H,43,44). The summed E-state index contributed by atoms with van der Waals surface area (Å²) in [4.78, 5) is 27.0. The molecular formula is C41H44ClNO3. The number of halogens is 1. The highest BCUT2D eigenvalue weighted by atomic mass is 35.5. The zero-order chi connectivity index (χ0) is 33.2. The fourth-order valence-corrected chi connectivity index (χ4v) is 6.22. The smallest absolute Gasteiger partial charge is 0.338 e. The number of esters is 1. The lowest BCUT2D eigenvalue weighted by Crippen LogP contribution is -2.25. The van der Waals surface area contributed by atoms with E-state index in [4.69, 9.17) is 16.3 Å². The first-order chi connectivity index (χ1) is 21.7. The minimum absolute atomic E-state index is 0.155. The van der Waals surface area contributed by atoms with Gasteiger partial charge in [0.25, 0.3) is 5.91 Å². The Morgan fingerprint density at radius 2 is 1.65 bits per heavy atom. The van der Waals surface area contributed by atoms with Gasteiger partial charge in [0.1, 0.15) is 5.60 Å². The van der Waals surface area contributed by atoms with Crippen LogP contribution in [0.5, 0.6) is 0 Å². The molecule has 0 radical (unpaired) electrons. The molecule has 0 aromatic heterocycles. The third-order valence-corrected chi connectivity index (χ3v) is 9.01. The number of amides is 1. The summed E-state index contributed by atoms with van der Waals surface area (Å²) in [5.74, 6) is -0.802. The minimum Gasteiger partial charge on any atom is -0.456 e. The minimum atomic E-state index is -0.647. The molecule has 1 atom stereocenters. The Morgan fingerprint density at radius 3 is 2.30 bits per heavy atom. The summed E-state index contributed by atoms with van der Waals surface area (Å²) in [5, 5.41) is 3.73. The van der Waals surface area contributed by atoms with E-state index in [1.165, 1.54) is 11.1 Å². The molecule has 46 heavy (non-hydrogen) atoms. The van der Waals surface area contributed by atoms with Crippen LogP contribution in [0.25, 0.3) is 16.7 Å². The molecule has 0 fully saturated rings. The van der Waals surface area contributed by atoms with Gasteiger partial charge in [-0.3, -0.25) is 4.79 Å². The molecule has 4 aromatic rings. The Labute approximate surface area is 278 Å². The average Bonchev–Trinajstić information content (AvgIpc) is 3.00. The van der Waals surface area contributed by atoms with Gasteiger partial charge in [-0.25, -0.2) is 4.79 Å². The van der Waals surface area contributed by atoms with Crippen LogP contribution in [0.3, 0.4) is 0 Å². The van der Waals surface area contributed by atoms with Crippen molar-refractivity contribution in [3.63, 3.8) is 0 Å². The van der Waals surface area contributed by atoms with Gasteiger partial charge < -0.3 is 10.1 Å². The molecule has 1 N–H and O–H groups in total. The summed E-state index contributed by atoms with van der Waals surface area (Å²) < 4.78 is 5.79. The Hall–Kier alpha value is -4.15. The summed E-state index contributed by atoms with van der Waals surface area (Å²) in [6.45, 7) is 14.3. The molecule has 0 aliphatic heterocycles. The first kappa shape index (κ1) is 33.2. The number of carbonyl (C=O) groups excluding carboxylic acids is 2. The van der Waals surface area contributed by atoms with Crippen molar-refractivity contribution in [1.82, 2.24) is 0 Å². The maximum absolute atomic E-state index is 13.5. The molecule has 0 heterocycles. The van der Waals surface area contributed by atoms with Crippen molar-refractivity contribution in [3.8, 4) is 11.1 Å². The quantitative estimate of drug-likeness (QED) is 0.206. The largest absolute Gasteiger partial charge is 0.456 e. The molecule has 1 aliphatic carbocycles. The fraction of sp³-hybridized carbons (Fsp3) is 0.317. The van der Waals surface area contributed by atoms with Gasteiger partial charge >= 0.3 is 5.97 Å². The van der Waals surface area contributed by atoms with Crippen LogP contribution in [0.2, 0.25) is 5.02 Å². The molecule has 0 spiro atoms. The molecule has 238 valence electrons. The van der Waals surface area contributed by atoms with Crippen LogP contribution in [0.1, 0.15) is 110 Å². The van der Waals surface area contributed by atoms with Gasteiger partial charge in [-0.05, 0) is 134 Å². The van der Waals surface area contributed by atoms with Crippen molar-refractivity contribution in [2.75, 3.05) is 5.32 Å². The normalized spacial score (nSPS) is 15.1. The molecule has 1 amide bonds. The Kier molecular flexibility index (Phi) is 9.60. The van der Waals surface area contributed by atoms with Gasteiger partial charge in [-0.1, -0.05) is 80.9 Å². The van der Waals surface area contributed by atoms with Crippen LogP contribution in [-0.4, -0.2) is 17.5 Å². The number of allylic oxidation sites excluding steroid dienone is 2. The number of anilines is 1. The third kappa shape index (κ3) is 7.97. The van der Waals surface area contributed by atoms with E-state index in [0.29, 0.717) is 27.3 Å². The summed E-state index contributed by atoms with van der Waals surface area (Å²) in [7, 11) is 0. The van der Waals surface area contributed by atoms with Crippen LogP contribution in [0.15, 0.2) is 91.0 Å². The lowest BCUT2D eigenvalue weighted by molar-refractivity contribution is 0.00678. The predicted molar refractivity (Wildman–Crippen MR) is 191 cm³/mol. The number of hydrogen-bond acceptors (Lipinski definition) is 3. The van der Waals surface area contributed by atoms with Gasteiger partial charge in [-0.2, -0.15) is 0 Å². The van der Waals surface area contributed by atoms with E-state index in [2.05, 4.69) is 56.4 Å². The monoisotopic (exact) mass is 633 g/mol. The zero-order valence-corrected chi connectivity index (χ0v) is 28.7.